The van der Waals surface area contributed by atoms with Crippen LogP contribution in [0.15, 0.2) is 59.0 Å². The summed E-state index contributed by atoms with van der Waals surface area (Å²) in [5.41, 5.74) is 9.12. The number of sulfonamides is 1. The summed E-state index contributed by atoms with van der Waals surface area (Å²) in [6.45, 7) is 2.53. The molecule has 0 bridgehead atoms. The smallest absolute Gasteiger partial charge is 0.326 e. The summed E-state index contributed by atoms with van der Waals surface area (Å²) >= 11 is 0. The molecule has 13 heteroatoms. The zero-order valence-electron chi connectivity index (χ0n) is 25.4. The lowest BCUT2D eigenvalue weighted by molar-refractivity contribution is -0.150. The maximum Gasteiger partial charge on any atom is 0.326 e. The van der Waals surface area contributed by atoms with Crippen LogP contribution in [0.25, 0.3) is 0 Å². The standard InChI is InChI=1S/C31H40N6O6S/c1-19-10-13-37(27(14-19)31(40)41)30(39)25(16-20-6-5-7-22(15-20)29(32)33)34-44(42,43)23-9-8-21-11-12-36(4)26(24(21)17-23)18-28(38)35(2)3/h5-10,15,17,25-27,34H,11-14,16,18H2,1-4H3,(H3,32,33)(H,40,41)/t25-,26?,27+/m0/s1. The molecule has 2 heterocycles. The lowest BCUT2D eigenvalue weighted by atomic mass is 9.91. The molecule has 2 amide bonds. The number of nitrogens with two attached hydrogens (primary N) is 1. The van der Waals surface area contributed by atoms with Crippen molar-refractivity contribution >= 4 is 33.6 Å². The zero-order chi connectivity index (χ0) is 32.3. The molecule has 4 rings (SSSR count). The fourth-order valence-electron chi connectivity index (χ4n) is 5.66. The molecule has 5 N–H and O–H groups in total. The van der Waals surface area contributed by atoms with E-state index in [-0.39, 0.29) is 48.5 Å². The monoisotopic (exact) mass is 624 g/mol. The molecule has 0 saturated carbocycles. The fourth-order valence-corrected chi connectivity index (χ4v) is 6.89. The van der Waals surface area contributed by atoms with E-state index in [0.29, 0.717) is 24.1 Å². The third-order valence-corrected chi connectivity index (χ3v) is 9.76. The van der Waals surface area contributed by atoms with Crippen molar-refractivity contribution in [1.29, 1.82) is 5.41 Å². The van der Waals surface area contributed by atoms with E-state index < -0.39 is 34.0 Å². The first-order chi connectivity index (χ1) is 20.7. The van der Waals surface area contributed by atoms with Gasteiger partial charge in [0.1, 0.15) is 17.9 Å². The predicted molar refractivity (Wildman–Crippen MR) is 166 cm³/mol. The van der Waals surface area contributed by atoms with Gasteiger partial charge in [-0.1, -0.05) is 35.9 Å². The maximum absolute atomic E-state index is 14.0. The van der Waals surface area contributed by atoms with E-state index in [9.17, 15) is 27.9 Å². The summed E-state index contributed by atoms with van der Waals surface area (Å²) < 4.78 is 30.4. The minimum absolute atomic E-state index is 0.0279. The second kappa shape index (κ2) is 13.3. The number of hydrogen-bond donors (Lipinski definition) is 4. The fraction of sp³-hybridized carbons (Fsp3) is 0.419. The minimum Gasteiger partial charge on any atom is -0.480 e. The van der Waals surface area contributed by atoms with Crippen LogP contribution in [-0.4, -0.2) is 98.2 Å². The van der Waals surface area contributed by atoms with Crippen molar-refractivity contribution in [2.24, 2.45) is 5.73 Å². The van der Waals surface area contributed by atoms with Gasteiger partial charge in [-0.3, -0.25) is 19.9 Å². The minimum atomic E-state index is -4.30. The molecule has 0 spiro atoms. The number of fused-ring (bicyclic) bond motifs is 1. The first-order valence-electron chi connectivity index (χ1n) is 14.4. The Bertz CT molecular complexity index is 1600. The summed E-state index contributed by atoms with van der Waals surface area (Å²) in [6, 6.07) is 8.57. The number of amidine groups is 1. The number of nitrogens with one attached hydrogen (secondary N) is 2. The molecule has 12 nitrogen and oxygen atoms in total. The second-order valence-electron chi connectivity index (χ2n) is 11.7. The van der Waals surface area contributed by atoms with Gasteiger partial charge in [-0.15, -0.1) is 0 Å². The average Bonchev–Trinajstić information content (AvgIpc) is 2.97. The zero-order valence-corrected chi connectivity index (χ0v) is 26.2. The Balaban J connectivity index is 1.71. The summed E-state index contributed by atoms with van der Waals surface area (Å²) in [5.74, 6) is -2.12. The van der Waals surface area contributed by atoms with Crippen molar-refractivity contribution in [3.63, 3.8) is 0 Å². The van der Waals surface area contributed by atoms with Gasteiger partial charge < -0.3 is 20.6 Å². The molecule has 236 valence electrons. The van der Waals surface area contributed by atoms with Crippen molar-refractivity contribution in [2.75, 3.05) is 34.2 Å². The van der Waals surface area contributed by atoms with Gasteiger partial charge in [0, 0.05) is 45.2 Å². The molecule has 0 fully saturated rings. The Kier molecular flexibility index (Phi) is 9.91. The molecule has 44 heavy (non-hydrogen) atoms. The van der Waals surface area contributed by atoms with E-state index in [2.05, 4.69) is 4.72 Å². The van der Waals surface area contributed by atoms with Crippen LogP contribution in [0.2, 0.25) is 0 Å². The van der Waals surface area contributed by atoms with Gasteiger partial charge in [-0.2, -0.15) is 4.72 Å². The molecule has 1 unspecified atom stereocenters. The Morgan fingerprint density at radius 1 is 1.18 bits per heavy atom. The van der Waals surface area contributed by atoms with Gasteiger partial charge in [0.15, 0.2) is 0 Å². The number of nitrogen functional groups attached to an aromatic ring is 1. The first-order valence-corrected chi connectivity index (χ1v) is 15.8. The van der Waals surface area contributed by atoms with Crippen LogP contribution in [0.3, 0.4) is 0 Å². The largest absolute Gasteiger partial charge is 0.480 e. The molecular formula is C31H40N6O6S. The lowest BCUT2D eigenvalue weighted by Gasteiger charge is -2.35. The van der Waals surface area contributed by atoms with Crippen LogP contribution in [-0.2, 0) is 37.2 Å². The highest BCUT2D eigenvalue weighted by Gasteiger charge is 2.38. The second-order valence-corrected chi connectivity index (χ2v) is 13.4. The number of carbonyl (C=O) groups is 3. The highest BCUT2D eigenvalue weighted by molar-refractivity contribution is 7.89. The van der Waals surface area contributed by atoms with Crippen molar-refractivity contribution in [2.45, 2.75) is 55.6 Å². The van der Waals surface area contributed by atoms with Crippen molar-refractivity contribution in [1.82, 2.24) is 19.4 Å². The molecule has 0 saturated heterocycles. The number of likely N-dealkylation sites (N-methyl/N-ethyl adjacent to an activating group) is 1. The quantitative estimate of drug-likeness (QED) is 0.175. The van der Waals surface area contributed by atoms with Crippen molar-refractivity contribution in [3.05, 3.63) is 76.4 Å². The Morgan fingerprint density at radius 2 is 1.91 bits per heavy atom. The number of carbonyl (C=O) groups excluding carboxylic acids is 2. The molecule has 0 radical (unpaired) electrons. The predicted octanol–water partition coefficient (Wildman–Crippen LogP) is 1.50. The molecule has 2 aromatic carbocycles. The van der Waals surface area contributed by atoms with E-state index in [1.807, 2.05) is 11.9 Å². The summed E-state index contributed by atoms with van der Waals surface area (Å²) in [7, 11) is 0.948. The third kappa shape index (κ3) is 7.34. The molecule has 3 atom stereocenters. The van der Waals surface area contributed by atoms with E-state index in [0.717, 1.165) is 16.7 Å². The molecule has 0 aliphatic carbocycles. The molecule has 2 aliphatic rings. The third-order valence-electron chi connectivity index (χ3n) is 8.29. The molecule has 2 aliphatic heterocycles. The highest BCUT2D eigenvalue weighted by atomic mass is 32.2. The van der Waals surface area contributed by atoms with E-state index in [1.165, 1.54) is 15.9 Å². The SMILES string of the molecule is CC1=CCN(C(=O)[C@H](Cc2cccc(C(=N)N)c2)NS(=O)(=O)c2ccc3c(c2)C(CC(=O)N(C)C)N(C)CC3)[C@@H](C(=O)O)C1. The van der Waals surface area contributed by atoms with Gasteiger partial charge in [0.05, 0.1) is 4.90 Å². The molecular weight excluding hydrogens is 584 g/mol. The van der Waals surface area contributed by atoms with Gasteiger partial charge in [0.25, 0.3) is 0 Å². The topological polar surface area (TPSA) is 177 Å². The van der Waals surface area contributed by atoms with Crippen LogP contribution in [0, 0.1) is 5.41 Å². The highest BCUT2D eigenvalue weighted by Crippen LogP contribution is 2.33. The van der Waals surface area contributed by atoms with Crippen LogP contribution < -0.4 is 10.5 Å². The average molecular weight is 625 g/mol. The van der Waals surface area contributed by atoms with Crippen LogP contribution in [0.4, 0.5) is 0 Å². The van der Waals surface area contributed by atoms with E-state index >= 15 is 0 Å². The molecule has 2 aromatic rings. The number of hydrogen-bond acceptors (Lipinski definition) is 7. The van der Waals surface area contributed by atoms with Gasteiger partial charge in [-0.25, -0.2) is 13.2 Å². The number of rotatable bonds is 10. The Labute approximate surface area is 258 Å². The van der Waals surface area contributed by atoms with E-state index in [1.54, 1.807) is 63.5 Å². The van der Waals surface area contributed by atoms with E-state index in [4.69, 9.17) is 11.1 Å². The number of carboxylic acid groups (broad SMARTS) is 1. The number of amides is 2. The maximum atomic E-state index is 14.0. The van der Waals surface area contributed by atoms with Crippen LogP contribution in [0.5, 0.6) is 0 Å². The Morgan fingerprint density at radius 3 is 2.57 bits per heavy atom. The lowest BCUT2D eigenvalue weighted by Crippen LogP contribution is -2.55. The summed E-state index contributed by atoms with van der Waals surface area (Å²) in [5, 5.41) is 17.7. The normalized spacial score (nSPS) is 19.5. The van der Waals surface area contributed by atoms with Gasteiger partial charge in [0.2, 0.25) is 21.8 Å². The van der Waals surface area contributed by atoms with Crippen molar-refractivity contribution < 1.29 is 27.9 Å². The number of benzene rings is 2. The number of carboxylic acids is 1. The summed E-state index contributed by atoms with van der Waals surface area (Å²) in [4.78, 5) is 43.3. The first kappa shape index (κ1) is 32.8. The van der Waals surface area contributed by atoms with Gasteiger partial charge in [-0.05, 0) is 68.1 Å². The molecule has 0 aromatic heterocycles. The number of nitrogens with zero attached hydrogens (tertiary/aromatic N) is 3. The van der Waals surface area contributed by atoms with Gasteiger partial charge >= 0.3 is 5.97 Å². The van der Waals surface area contributed by atoms with Crippen LogP contribution in [0.1, 0.15) is 48.1 Å². The Hall–Kier alpha value is -4.07. The summed E-state index contributed by atoms with van der Waals surface area (Å²) in [6.07, 6.45) is 2.66. The van der Waals surface area contributed by atoms with Crippen LogP contribution >= 0.6 is 0 Å². The number of aliphatic carboxylic acids is 1. The van der Waals surface area contributed by atoms with Crippen molar-refractivity contribution in [3.8, 4) is 0 Å².